The van der Waals surface area contributed by atoms with Crippen LogP contribution in [0.2, 0.25) is 0 Å². The highest BCUT2D eigenvalue weighted by Gasteiger charge is 2.08. The maximum Gasteiger partial charge on any atom is 0.163 e. The predicted octanol–water partition coefficient (Wildman–Crippen LogP) is 2.95. The molecule has 0 bridgehead atoms. The van der Waals surface area contributed by atoms with Gasteiger partial charge in [-0.1, -0.05) is 12.1 Å². The molecule has 28 heavy (non-hydrogen) atoms. The summed E-state index contributed by atoms with van der Waals surface area (Å²) < 4.78 is 34.1. The monoisotopic (exact) mass is 411 g/mol. The minimum atomic E-state index is 0. The maximum absolute atomic E-state index is 5.83. The van der Waals surface area contributed by atoms with Gasteiger partial charge in [0.15, 0.2) is 23.0 Å². The van der Waals surface area contributed by atoms with E-state index in [0.717, 1.165) is 0 Å². The van der Waals surface area contributed by atoms with Crippen LogP contribution in [0.4, 0.5) is 5.69 Å². The van der Waals surface area contributed by atoms with Crippen LogP contribution in [0.25, 0.3) is 0 Å². The summed E-state index contributed by atoms with van der Waals surface area (Å²) in [7, 11) is 0. The molecule has 2 aromatic carbocycles. The second-order valence-electron chi connectivity index (χ2n) is 5.77. The molecule has 0 aliphatic carbocycles. The first kappa shape index (κ1) is 21.9. The molecule has 0 amide bonds. The summed E-state index contributed by atoms with van der Waals surface area (Å²) in [5.74, 6) is 2.59. The Morgan fingerprint density at radius 1 is 0.536 bits per heavy atom. The average molecular weight is 412 g/mol. The molecule has 7 nitrogen and oxygen atoms in total. The largest absolute Gasteiger partial charge is 0.487 e. The van der Waals surface area contributed by atoms with Gasteiger partial charge in [-0.2, -0.15) is 0 Å². The molecule has 0 fully saturated rings. The van der Waals surface area contributed by atoms with E-state index in [4.69, 9.17) is 34.2 Å². The van der Waals surface area contributed by atoms with Crippen LogP contribution >= 0.6 is 12.4 Å². The van der Waals surface area contributed by atoms with E-state index in [1.807, 2.05) is 24.3 Å². The number of anilines is 1. The third-order valence-electron chi connectivity index (χ3n) is 3.76. The van der Waals surface area contributed by atoms with Crippen LogP contribution in [0.5, 0.6) is 23.0 Å². The van der Waals surface area contributed by atoms with Crippen molar-refractivity contribution in [3.63, 3.8) is 0 Å². The molecule has 0 saturated carbocycles. The van der Waals surface area contributed by atoms with Crippen molar-refractivity contribution in [1.29, 1.82) is 0 Å². The second kappa shape index (κ2) is 12.2. The first-order valence-electron chi connectivity index (χ1n) is 8.98. The van der Waals surface area contributed by atoms with Crippen LogP contribution < -0.4 is 24.7 Å². The standard InChI is InChI=1S/C20H25NO6.ClH/c21-16-5-6-19-20(15-16)27-14-10-23-8-12-25-18-4-2-1-3-17(18)24-11-7-22-9-13-26-19;/h1-6,15H,7-14,21H2;1H. The molecule has 0 atom stereocenters. The van der Waals surface area contributed by atoms with Gasteiger partial charge < -0.3 is 34.2 Å². The zero-order valence-electron chi connectivity index (χ0n) is 15.6. The van der Waals surface area contributed by atoms with Crippen LogP contribution in [0, 0.1) is 0 Å². The highest BCUT2D eigenvalue weighted by Crippen LogP contribution is 2.29. The highest BCUT2D eigenvalue weighted by atomic mass is 35.5. The van der Waals surface area contributed by atoms with Crippen LogP contribution in [-0.2, 0) is 9.47 Å². The van der Waals surface area contributed by atoms with E-state index in [-0.39, 0.29) is 12.4 Å². The number of para-hydroxylation sites is 2. The third kappa shape index (κ3) is 6.99. The SMILES string of the molecule is Cl.Nc1ccc2c(c1)OCCOCCOc1ccccc1OCCOCCO2. The molecule has 154 valence electrons. The van der Waals surface area contributed by atoms with Gasteiger partial charge >= 0.3 is 0 Å². The molecule has 0 aromatic heterocycles. The van der Waals surface area contributed by atoms with Gasteiger partial charge in [-0.3, -0.25) is 0 Å². The van der Waals surface area contributed by atoms with E-state index in [9.17, 15) is 0 Å². The topological polar surface area (TPSA) is 81.4 Å². The van der Waals surface area contributed by atoms with Crippen LogP contribution in [0.15, 0.2) is 42.5 Å². The van der Waals surface area contributed by atoms with Crippen LogP contribution in [-0.4, -0.2) is 52.9 Å². The molecular formula is C20H26ClNO6. The number of ether oxygens (including phenoxy) is 6. The highest BCUT2D eigenvalue weighted by molar-refractivity contribution is 5.85. The van der Waals surface area contributed by atoms with Gasteiger partial charge in [-0.05, 0) is 24.3 Å². The molecule has 0 unspecified atom stereocenters. The fourth-order valence-corrected chi connectivity index (χ4v) is 2.49. The Labute approximate surface area is 171 Å². The van der Waals surface area contributed by atoms with Gasteiger partial charge in [0.25, 0.3) is 0 Å². The first-order chi connectivity index (χ1) is 13.3. The number of hydrogen-bond donors (Lipinski definition) is 1. The molecule has 1 aliphatic heterocycles. The van der Waals surface area contributed by atoms with Gasteiger partial charge in [-0.15, -0.1) is 12.4 Å². The molecule has 0 spiro atoms. The summed E-state index contributed by atoms with van der Waals surface area (Å²) in [6.45, 7) is 3.39. The molecule has 0 radical (unpaired) electrons. The van der Waals surface area contributed by atoms with Crippen molar-refractivity contribution in [3.8, 4) is 23.0 Å². The molecule has 2 N–H and O–H groups in total. The van der Waals surface area contributed by atoms with Gasteiger partial charge in [-0.25, -0.2) is 0 Å². The van der Waals surface area contributed by atoms with Crippen molar-refractivity contribution in [3.05, 3.63) is 42.5 Å². The Balaban J connectivity index is 0.00000280. The molecule has 2 aromatic rings. The fourth-order valence-electron chi connectivity index (χ4n) is 2.49. The van der Waals surface area contributed by atoms with E-state index in [1.54, 1.807) is 18.2 Å². The third-order valence-corrected chi connectivity index (χ3v) is 3.76. The fraction of sp³-hybridized carbons (Fsp3) is 0.400. The number of rotatable bonds is 0. The number of benzene rings is 2. The molecule has 0 saturated heterocycles. The Morgan fingerprint density at radius 3 is 1.46 bits per heavy atom. The number of hydrogen-bond acceptors (Lipinski definition) is 7. The van der Waals surface area contributed by atoms with Gasteiger partial charge in [0.2, 0.25) is 0 Å². The lowest BCUT2D eigenvalue weighted by Crippen LogP contribution is -2.15. The zero-order chi connectivity index (χ0) is 18.7. The van der Waals surface area contributed by atoms with Crippen molar-refractivity contribution in [2.45, 2.75) is 0 Å². The van der Waals surface area contributed by atoms with Crippen molar-refractivity contribution in [2.75, 3.05) is 58.6 Å². The van der Waals surface area contributed by atoms with E-state index in [0.29, 0.717) is 81.5 Å². The lowest BCUT2D eigenvalue weighted by Gasteiger charge is -2.15. The zero-order valence-corrected chi connectivity index (χ0v) is 16.4. The van der Waals surface area contributed by atoms with Gasteiger partial charge in [0.05, 0.1) is 26.4 Å². The smallest absolute Gasteiger partial charge is 0.163 e. The van der Waals surface area contributed by atoms with E-state index >= 15 is 0 Å². The summed E-state index contributed by atoms with van der Waals surface area (Å²) in [5.41, 5.74) is 6.44. The maximum atomic E-state index is 5.83. The summed E-state index contributed by atoms with van der Waals surface area (Å²) in [4.78, 5) is 0. The summed E-state index contributed by atoms with van der Waals surface area (Å²) >= 11 is 0. The summed E-state index contributed by atoms with van der Waals surface area (Å²) in [6.07, 6.45) is 0. The van der Waals surface area contributed by atoms with Crippen molar-refractivity contribution in [2.24, 2.45) is 0 Å². The van der Waals surface area contributed by atoms with E-state index in [1.165, 1.54) is 0 Å². The average Bonchev–Trinajstić information content (AvgIpc) is 2.68. The van der Waals surface area contributed by atoms with Crippen molar-refractivity contribution < 1.29 is 28.4 Å². The predicted molar refractivity (Wildman–Crippen MR) is 108 cm³/mol. The Kier molecular flexibility index (Phi) is 9.54. The molecule has 3 rings (SSSR count). The lowest BCUT2D eigenvalue weighted by molar-refractivity contribution is 0.0640. The minimum absolute atomic E-state index is 0. The minimum Gasteiger partial charge on any atom is -0.487 e. The first-order valence-corrected chi connectivity index (χ1v) is 8.98. The number of nitrogen functional groups attached to an aromatic ring is 1. The Morgan fingerprint density at radius 2 is 0.964 bits per heavy atom. The van der Waals surface area contributed by atoms with E-state index < -0.39 is 0 Å². The Bertz CT molecular complexity index is 715. The lowest BCUT2D eigenvalue weighted by atomic mass is 10.3. The van der Waals surface area contributed by atoms with Crippen LogP contribution in [0.3, 0.4) is 0 Å². The Hall–Kier alpha value is -2.35. The second-order valence-corrected chi connectivity index (χ2v) is 5.77. The molecule has 1 aliphatic rings. The summed E-state index contributed by atoms with van der Waals surface area (Å²) in [5, 5.41) is 0. The van der Waals surface area contributed by atoms with Crippen molar-refractivity contribution in [1.82, 2.24) is 0 Å². The molecule has 1 heterocycles. The number of fused-ring (bicyclic) bond motifs is 2. The quantitative estimate of drug-likeness (QED) is 0.667. The summed E-state index contributed by atoms with van der Waals surface area (Å²) in [6, 6.07) is 12.8. The molecular weight excluding hydrogens is 386 g/mol. The normalized spacial score (nSPS) is 16.1. The van der Waals surface area contributed by atoms with Gasteiger partial charge in [0, 0.05) is 11.8 Å². The number of halogens is 1. The van der Waals surface area contributed by atoms with Crippen molar-refractivity contribution >= 4 is 18.1 Å². The molecule has 8 heteroatoms. The van der Waals surface area contributed by atoms with Crippen LogP contribution in [0.1, 0.15) is 0 Å². The van der Waals surface area contributed by atoms with E-state index in [2.05, 4.69) is 0 Å². The number of nitrogens with two attached hydrogens (primary N) is 1. The van der Waals surface area contributed by atoms with Gasteiger partial charge in [0.1, 0.15) is 26.4 Å².